The van der Waals surface area contributed by atoms with Gasteiger partial charge in [-0.05, 0) is 62.0 Å². The maximum atomic E-state index is 14.0. The quantitative estimate of drug-likeness (QED) is 0.624. The van der Waals surface area contributed by atoms with E-state index in [0.29, 0.717) is 30.0 Å². The summed E-state index contributed by atoms with van der Waals surface area (Å²) in [6, 6.07) is 7.52. The second-order valence-corrected chi connectivity index (χ2v) is 8.48. The van der Waals surface area contributed by atoms with E-state index in [4.69, 9.17) is 4.42 Å². The van der Waals surface area contributed by atoms with Crippen LogP contribution in [0.15, 0.2) is 39.5 Å². The summed E-state index contributed by atoms with van der Waals surface area (Å²) in [4.78, 5) is 30.6. The van der Waals surface area contributed by atoms with Crippen LogP contribution in [0, 0.1) is 17.5 Å². The number of hydrogen-bond donors (Lipinski definition) is 1. The molecule has 3 heterocycles. The first kappa shape index (κ1) is 20.8. The van der Waals surface area contributed by atoms with Crippen molar-refractivity contribution in [3.05, 3.63) is 69.5 Å². The van der Waals surface area contributed by atoms with Gasteiger partial charge in [-0.25, -0.2) is 18.0 Å². The average Bonchev–Trinajstić information content (AvgIpc) is 3.35. The van der Waals surface area contributed by atoms with Gasteiger partial charge in [-0.2, -0.15) is 0 Å². The number of nitrogens with zero attached hydrogens (tertiary/aromatic N) is 2. The highest BCUT2D eigenvalue weighted by Gasteiger charge is 2.38. The van der Waals surface area contributed by atoms with Gasteiger partial charge in [0.1, 0.15) is 0 Å². The van der Waals surface area contributed by atoms with Gasteiger partial charge in [-0.3, -0.25) is 14.7 Å². The van der Waals surface area contributed by atoms with Gasteiger partial charge < -0.3 is 9.32 Å². The summed E-state index contributed by atoms with van der Waals surface area (Å²) in [5.41, 5.74) is 2.29. The van der Waals surface area contributed by atoms with Gasteiger partial charge in [-0.15, -0.1) is 0 Å². The number of rotatable bonds is 4. The number of hydrogen-bond acceptors (Lipinski definition) is 4. The Labute approximate surface area is 181 Å². The van der Waals surface area contributed by atoms with Crippen LogP contribution >= 0.6 is 0 Å². The van der Waals surface area contributed by atoms with E-state index in [1.807, 2.05) is 18.2 Å². The Balaban J connectivity index is 1.22. The normalized spacial score (nSPS) is 20.5. The molecular weight excluding hydrogens is 423 g/mol. The number of piperidine rings is 1. The smallest absolute Gasteiger partial charge is 0.408 e. The predicted molar refractivity (Wildman–Crippen MR) is 111 cm³/mol. The molecule has 2 aromatic carbocycles. The average molecular weight is 445 g/mol. The molecular formula is C23H22F3N3O3. The summed E-state index contributed by atoms with van der Waals surface area (Å²) in [7, 11) is 0. The molecule has 5 rings (SSSR count). The molecule has 1 atom stereocenters. The van der Waals surface area contributed by atoms with Gasteiger partial charge in [0.15, 0.2) is 23.0 Å². The first-order valence-electron chi connectivity index (χ1n) is 10.7. The van der Waals surface area contributed by atoms with E-state index >= 15 is 0 Å². The molecule has 2 saturated heterocycles. The van der Waals surface area contributed by atoms with Gasteiger partial charge in [0.25, 0.3) is 0 Å². The monoisotopic (exact) mass is 445 g/mol. The third-order valence-corrected chi connectivity index (χ3v) is 6.63. The zero-order valence-corrected chi connectivity index (χ0v) is 17.2. The highest BCUT2D eigenvalue weighted by Crippen LogP contribution is 2.32. The number of halogens is 3. The van der Waals surface area contributed by atoms with E-state index in [1.165, 1.54) is 11.0 Å². The molecule has 2 fully saturated rings. The van der Waals surface area contributed by atoms with Crippen molar-refractivity contribution in [2.75, 3.05) is 19.6 Å². The molecule has 0 aliphatic carbocycles. The first-order chi connectivity index (χ1) is 15.4. The van der Waals surface area contributed by atoms with Crippen molar-refractivity contribution < 1.29 is 22.4 Å². The Hall–Kier alpha value is -3.07. The maximum absolute atomic E-state index is 14.0. The lowest BCUT2D eigenvalue weighted by molar-refractivity contribution is -0.133. The van der Waals surface area contributed by atoms with Crippen molar-refractivity contribution >= 4 is 17.0 Å². The Morgan fingerprint density at radius 3 is 2.53 bits per heavy atom. The topological polar surface area (TPSA) is 69.5 Å². The number of H-pyrrole nitrogens is 1. The number of aromatic nitrogens is 1. The predicted octanol–water partition coefficient (Wildman–Crippen LogP) is 3.52. The molecule has 0 radical (unpaired) electrons. The number of benzene rings is 2. The molecule has 3 aromatic rings. The fraction of sp³-hybridized carbons (Fsp3) is 0.391. The van der Waals surface area contributed by atoms with Crippen LogP contribution in [-0.4, -0.2) is 46.4 Å². The number of aromatic amines is 1. The number of nitrogens with one attached hydrogen (secondary N) is 1. The Bertz CT molecular complexity index is 1230. The summed E-state index contributed by atoms with van der Waals surface area (Å²) in [6.07, 6.45) is 2.35. The molecule has 1 N–H and O–H groups in total. The molecule has 2 aliphatic heterocycles. The van der Waals surface area contributed by atoms with E-state index < -0.39 is 23.2 Å². The molecule has 1 aromatic heterocycles. The molecule has 0 saturated carbocycles. The lowest BCUT2D eigenvalue weighted by atomic mass is 9.88. The number of likely N-dealkylation sites (tertiary alicyclic amines) is 2. The number of amides is 1. The Morgan fingerprint density at radius 1 is 0.969 bits per heavy atom. The minimum atomic E-state index is -1.51. The molecule has 1 amide bonds. The van der Waals surface area contributed by atoms with Gasteiger partial charge >= 0.3 is 5.76 Å². The minimum absolute atomic E-state index is 0.0246. The Kier molecular flexibility index (Phi) is 5.28. The Morgan fingerprint density at radius 2 is 1.75 bits per heavy atom. The summed E-state index contributed by atoms with van der Waals surface area (Å²) >= 11 is 0. The number of carbonyl (C=O) groups excluding carboxylic acids is 1. The van der Waals surface area contributed by atoms with Gasteiger partial charge in [-0.1, -0.05) is 12.1 Å². The third-order valence-electron chi connectivity index (χ3n) is 6.63. The highest BCUT2D eigenvalue weighted by atomic mass is 19.2. The van der Waals surface area contributed by atoms with E-state index in [9.17, 15) is 22.8 Å². The molecule has 0 spiro atoms. The van der Waals surface area contributed by atoms with Crippen LogP contribution in [0.25, 0.3) is 11.1 Å². The molecule has 32 heavy (non-hydrogen) atoms. The lowest BCUT2D eigenvalue weighted by Gasteiger charge is -2.35. The fourth-order valence-corrected chi connectivity index (χ4v) is 4.87. The molecule has 0 bridgehead atoms. The van der Waals surface area contributed by atoms with Crippen molar-refractivity contribution in [3.63, 3.8) is 0 Å². The standard InChI is InChI=1S/C23H22F3N3O3/c24-16-3-1-15(20(25)21(16)26)12-29-10-7-18(22(29)30)28-8-5-13(6-9-28)14-2-4-17-19(11-14)32-23(31)27-17/h1-4,11,13,18H,5-10,12H2,(H,27,31)/t18-/m0/s1. The third kappa shape index (κ3) is 3.70. The van der Waals surface area contributed by atoms with Crippen molar-refractivity contribution in [3.8, 4) is 0 Å². The fourth-order valence-electron chi connectivity index (χ4n) is 4.87. The number of oxazole rings is 1. The van der Waals surface area contributed by atoms with E-state index in [0.717, 1.165) is 37.6 Å². The van der Waals surface area contributed by atoms with Crippen molar-refractivity contribution in [2.45, 2.75) is 37.8 Å². The molecule has 6 nitrogen and oxygen atoms in total. The largest absolute Gasteiger partial charge is 0.417 e. The van der Waals surface area contributed by atoms with Crippen LogP contribution in [0.1, 0.15) is 36.3 Å². The molecule has 9 heteroatoms. The van der Waals surface area contributed by atoms with Crippen LogP contribution in [-0.2, 0) is 11.3 Å². The molecule has 168 valence electrons. The molecule has 2 aliphatic rings. The first-order valence-corrected chi connectivity index (χ1v) is 10.7. The summed E-state index contributed by atoms with van der Waals surface area (Å²) in [5.74, 6) is -4.26. The van der Waals surface area contributed by atoms with E-state index in [2.05, 4.69) is 9.88 Å². The van der Waals surface area contributed by atoms with Crippen molar-refractivity contribution in [2.24, 2.45) is 0 Å². The van der Waals surface area contributed by atoms with Crippen LogP contribution in [0.5, 0.6) is 0 Å². The van der Waals surface area contributed by atoms with Crippen molar-refractivity contribution in [1.29, 1.82) is 0 Å². The second-order valence-electron chi connectivity index (χ2n) is 8.48. The van der Waals surface area contributed by atoms with Gasteiger partial charge in [0.05, 0.1) is 11.6 Å². The highest BCUT2D eigenvalue weighted by molar-refractivity contribution is 5.84. The van der Waals surface area contributed by atoms with Crippen LogP contribution in [0.2, 0.25) is 0 Å². The van der Waals surface area contributed by atoms with Crippen LogP contribution in [0.4, 0.5) is 13.2 Å². The maximum Gasteiger partial charge on any atom is 0.417 e. The lowest BCUT2D eigenvalue weighted by Crippen LogP contribution is -2.45. The van der Waals surface area contributed by atoms with Gasteiger partial charge in [0.2, 0.25) is 5.91 Å². The van der Waals surface area contributed by atoms with E-state index in [1.54, 1.807) is 0 Å². The van der Waals surface area contributed by atoms with Crippen LogP contribution < -0.4 is 5.76 Å². The van der Waals surface area contributed by atoms with Gasteiger partial charge in [0, 0.05) is 18.7 Å². The number of carbonyl (C=O) groups is 1. The minimum Gasteiger partial charge on any atom is -0.408 e. The van der Waals surface area contributed by atoms with Crippen LogP contribution in [0.3, 0.4) is 0 Å². The number of fused-ring (bicyclic) bond motifs is 1. The van der Waals surface area contributed by atoms with E-state index in [-0.39, 0.29) is 24.1 Å². The van der Waals surface area contributed by atoms with Crippen molar-refractivity contribution in [1.82, 2.24) is 14.8 Å². The zero-order chi connectivity index (χ0) is 22.4. The molecule has 0 unspecified atom stereocenters. The zero-order valence-electron chi connectivity index (χ0n) is 17.2. The second kappa shape index (κ2) is 8.12. The summed E-state index contributed by atoms with van der Waals surface area (Å²) in [6.45, 7) is 1.86. The summed E-state index contributed by atoms with van der Waals surface area (Å²) in [5, 5.41) is 0. The SMILES string of the molecule is O=C1[C@@H](N2CCC(c3ccc4[nH]c(=O)oc4c3)CC2)CCN1Cc1ccc(F)c(F)c1F. The summed E-state index contributed by atoms with van der Waals surface area (Å²) < 4.78 is 45.8.